The molecule has 3 aromatic carbocycles. The van der Waals surface area contributed by atoms with Gasteiger partial charge in [-0.25, -0.2) is 0 Å². The van der Waals surface area contributed by atoms with Gasteiger partial charge in [-0.2, -0.15) is 0 Å². The lowest BCUT2D eigenvalue weighted by molar-refractivity contribution is 0.957. The number of alkyl halides is 1. The third-order valence-electron chi connectivity index (χ3n) is 3.84. The van der Waals surface area contributed by atoms with Crippen LogP contribution in [0.15, 0.2) is 65.1 Å². The van der Waals surface area contributed by atoms with Gasteiger partial charge in [-0.1, -0.05) is 80.4 Å². The Morgan fingerprint density at radius 1 is 0.857 bits per heavy atom. The predicted molar refractivity (Wildman–Crippen MR) is 98.2 cm³/mol. The molecule has 0 saturated heterocycles. The zero-order valence-electron chi connectivity index (χ0n) is 11.8. The lowest BCUT2D eigenvalue weighted by atomic mass is 9.96. The highest BCUT2D eigenvalue weighted by Crippen LogP contribution is 2.34. The SMILES string of the molecule is Cc1ccc(C(Br)Cc2ccc(Br)cc2)c2ccccc12. The second kappa shape index (κ2) is 6.33. The minimum Gasteiger partial charge on any atom is -0.0835 e. The van der Waals surface area contributed by atoms with E-state index >= 15 is 0 Å². The fraction of sp³-hybridized carbons (Fsp3) is 0.158. The van der Waals surface area contributed by atoms with E-state index in [4.69, 9.17) is 0 Å². The first-order valence-corrected chi connectivity index (χ1v) is 8.73. The van der Waals surface area contributed by atoms with Crippen LogP contribution in [0.3, 0.4) is 0 Å². The highest BCUT2D eigenvalue weighted by molar-refractivity contribution is 9.10. The summed E-state index contributed by atoms with van der Waals surface area (Å²) < 4.78 is 1.12. The second-order valence-corrected chi connectivity index (χ2v) is 7.34. The molecule has 0 fully saturated rings. The van der Waals surface area contributed by atoms with Crippen LogP contribution in [0.4, 0.5) is 0 Å². The minimum atomic E-state index is 0.323. The molecular formula is C19H16Br2. The smallest absolute Gasteiger partial charge is 0.0441 e. The summed E-state index contributed by atoms with van der Waals surface area (Å²) in [6.45, 7) is 2.17. The molecule has 0 aromatic heterocycles. The van der Waals surface area contributed by atoms with Crippen LogP contribution >= 0.6 is 31.9 Å². The van der Waals surface area contributed by atoms with E-state index in [1.807, 2.05) is 0 Å². The number of aryl methyl sites for hydroxylation is 1. The van der Waals surface area contributed by atoms with E-state index in [0.29, 0.717) is 4.83 Å². The zero-order chi connectivity index (χ0) is 14.8. The fourth-order valence-electron chi connectivity index (χ4n) is 2.68. The molecule has 106 valence electrons. The predicted octanol–water partition coefficient (Wildman–Crippen LogP) is 6.59. The second-order valence-electron chi connectivity index (χ2n) is 5.32. The number of benzene rings is 3. The standard InChI is InChI=1S/C19H16Br2/c1-13-6-11-18(17-5-3-2-4-16(13)17)19(21)12-14-7-9-15(20)10-8-14/h2-11,19H,12H2,1H3. The van der Waals surface area contributed by atoms with Gasteiger partial charge in [-0.05, 0) is 52.9 Å². The molecule has 0 spiro atoms. The van der Waals surface area contributed by atoms with E-state index < -0.39 is 0 Å². The van der Waals surface area contributed by atoms with Gasteiger partial charge in [0.15, 0.2) is 0 Å². The maximum absolute atomic E-state index is 3.88. The molecule has 21 heavy (non-hydrogen) atoms. The largest absolute Gasteiger partial charge is 0.0835 e. The molecule has 3 aromatic rings. The van der Waals surface area contributed by atoms with Crippen LogP contribution in [0.25, 0.3) is 10.8 Å². The third-order valence-corrected chi connectivity index (χ3v) is 5.19. The van der Waals surface area contributed by atoms with Gasteiger partial charge in [0.05, 0.1) is 0 Å². The summed E-state index contributed by atoms with van der Waals surface area (Å²) >= 11 is 7.36. The van der Waals surface area contributed by atoms with E-state index in [0.717, 1.165) is 10.9 Å². The van der Waals surface area contributed by atoms with Crippen molar-refractivity contribution in [3.05, 3.63) is 81.8 Å². The summed E-state index contributed by atoms with van der Waals surface area (Å²) in [5.41, 5.74) is 4.03. The summed E-state index contributed by atoms with van der Waals surface area (Å²) in [6.07, 6.45) is 0.986. The molecular weight excluding hydrogens is 388 g/mol. The van der Waals surface area contributed by atoms with Crippen molar-refractivity contribution >= 4 is 42.6 Å². The molecule has 0 bridgehead atoms. The first kappa shape index (κ1) is 14.8. The van der Waals surface area contributed by atoms with E-state index in [1.54, 1.807) is 0 Å². The van der Waals surface area contributed by atoms with E-state index in [-0.39, 0.29) is 0 Å². The van der Waals surface area contributed by atoms with Gasteiger partial charge in [-0.15, -0.1) is 0 Å². The van der Waals surface area contributed by atoms with Gasteiger partial charge in [0.25, 0.3) is 0 Å². The number of rotatable bonds is 3. The van der Waals surface area contributed by atoms with Gasteiger partial charge in [0.2, 0.25) is 0 Å². The Labute approximate surface area is 142 Å². The number of hydrogen-bond acceptors (Lipinski definition) is 0. The normalized spacial score (nSPS) is 12.5. The molecule has 1 atom stereocenters. The first-order valence-electron chi connectivity index (χ1n) is 7.02. The summed E-state index contributed by atoms with van der Waals surface area (Å²) in [4.78, 5) is 0.323. The van der Waals surface area contributed by atoms with Crippen LogP contribution in [0.5, 0.6) is 0 Å². The van der Waals surface area contributed by atoms with Crippen LogP contribution in [-0.2, 0) is 6.42 Å². The van der Waals surface area contributed by atoms with Crippen molar-refractivity contribution in [3.8, 4) is 0 Å². The molecule has 0 aliphatic rings. The minimum absolute atomic E-state index is 0.323. The zero-order valence-corrected chi connectivity index (χ0v) is 15.0. The van der Waals surface area contributed by atoms with E-state index in [9.17, 15) is 0 Å². The Hall–Kier alpha value is -1.12. The van der Waals surface area contributed by atoms with Crippen LogP contribution < -0.4 is 0 Å². The van der Waals surface area contributed by atoms with Crippen LogP contribution in [-0.4, -0.2) is 0 Å². The van der Waals surface area contributed by atoms with Crippen LogP contribution in [0, 0.1) is 6.92 Å². The molecule has 3 rings (SSSR count). The lowest BCUT2D eigenvalue weighted by Crippen LogP contribution is -1.97. The number of hydrogen-bond donors (Lipinski definition) is 0. The van der Waals surface area contributed by atoms with Crippen molar-refractivity contribution < 1.29 is 0 Å². The molecule has 0 nitrogen and oxygen atoms in total. The van der Waals surface area contributed by atoms with Crippen molar-refractivity contribution in [2.75, 3.05) is 0 Å². The highest BCUT2D eigenvalue weighted by atomic mass is 79.9. The van der Waals surface area contributed by atoms with Gasteiger partial charge >= 0.3 is 0 Å². The third kappa shape index (κ3) is 3.22. The Morgan fingerprint density at radius 2 is 1.52 bits per heavy atom. The first-order chi connectivity index (χ1) is 10.1. The van der Waals surface area contributed by atoms with Crippen molar-refractivity contribution in [3.63, 3.8) is 0 Å². The summed E-state index contributed by atoms with van der Waals surface area (Å²) in [6, 6.07) is 21.7. The molecule has 0 N–H and O–H groups in total. The summed E-state index contributed by atoms with van der Waals surface area (Å²) in [5, 5.41) is 2.69. The Balaban J connectivity index is 1.96. The number of fused-ring (bicyclic) bond motifs is 1. The van der Waals surface area contributed by atoms with Gasteiger partial charge in [0.1, 0.15) is 0 Å². The molecule has 0 aliphatic heterocycles. The van der Waals surface area contributed by atoms with E-state index in [2.05, 4.69) is 99.4 Å². The van der Waals surface area contributed by atoms with E-state index in [1.165, 1.54) is 27.5 Å². The van der Waals surface area contributed by atoms with Crippen molar-refractivity contribution in [1.82, 2.24) is 0 Å². The van der Waals surface area contributed by atoms with Gasteiger partial charge in [0, 0.05) is 9.30 Å². The summed E-state index contributed by atoms with van der Waals surface area (Å²) in [7, 11) is 0. The fourth-order valence-corrected chi connectivity index (χ4v) is 3.72. The maximum Gasteiger partial charge on any atom is 0.0441 e. The molecule has 2 heteroatoms. The maximum atomic E-state index is 3.88. The average molecular weight is 404 g/mol. The van der Waals surface area contributed by atoms with Gasteiger partial charge in [-0.3, -0.25) is 0 Å². The highest BCUT2D eigenvalue weighted by Gasteiger charge is 2.12. The Bertz CT molecular complexity index is 760. The Morgan fingerprint density at radius 3 is 2.24 bits per heavy atom. The average Bonchev–Trinajstić information content (AvgIpc) is 2.50. The van der Waals surface area contributed by atoms with Crippen molar-refractivity contribution in [2.45, 2.75) is 18.2 Å². The quantitative estimate of drug-likeness (QED) is 0.432. The molecule has 0 radical (unpaired) electrons. The summed E-state index contributed by atoms with van der Waals surface area (Å²) in [5.74, 6) is 0. The topological polar surface area (TPSA) is 0 Å². The van der Waals surface area contributed by atoms with Crippen molar-refractivity contribution in [1.29, 1.82) is 0 Å². The molecule has 0 heterocycles. The molecule has 0 saturated carbocycles. The van der Waals surface area contributed by atoms with Gasteiger partial charge < -0.3 is 0 Å². The molecule has 0 aliphatic carbocycles. The lowest BCUT2D eigenvalue weighted by Gasteiger charge is -2.15. The van der Waals surface area contributed by atoms with Crippen molar-refractivity contribution in [2.24, 2.45) is 0 Å². The molecule has 0 amide bonds. The Kier molecular flexibility index (Phi) is 4.46. The van der Waals surface area contributed by atoms with Crippen LogP contribution in [0.2, 0.25) is 0 Å². The molecule has 1 unspecified atom stereocenters. The number of halogens is 2. The van der Waals surface area contributed by atoms with Crippen LogP contribution in [0.1, 0.15) is 21.5 Å². The monoisotopic (exact) mass is 402 g/mol.